The number of hydrogen-bond acceptors (Lipinski definition) is 4. The number of rotatable bonds is 6. The number of nitrogens with one attached hydrogen (secondary N) is 1. The van der Waals surface area contributed by atoms with Crippen LogP contribution in [0.25, 0.3) is 0 Å². The third-order valence-electron chi connectivity index (χ3n) is 4.21. The fourth-order valence-electron chi connectivity index (χ4n) is 2.85. The van der Waals surface area contributed by atoms with Crippen LogP contribution in [0, 0.1) is 0 Å². The van der Waals surface area contributed by atoms with Gasteiger partial charge in [-0.2, -0.15) is 11.8 Å². The van der Waals surface area contributed by atoms with E-state index in [-0.39, 0.29) is 16.2 Å². The normalized spacial score (nSPS) is 18.6. The maximum atomic E-state index is 12.5. The molecule has 0 atom stereocenters. The average Bonchev–Trinajstić information content (AvgIpc) is 2.54. The molecule has 0 amide bonds. The second-order valence-electron chi connectivity index (χ2n) is 5.54. The van der Waals surface area contributed by atoms with Crippen molar-refractivity contribution in [1.29, 1.82) is 0 Å². The molecular weight excluding hydrogens is 306 g/mol. The van der Waals surface area contributed by atoms with Crippen LogP contribution in [0.5, 0.6) is 0 Å². The Morgan fingerprint density at radius 2 is 1.90 bits per heavy atom. The van der Waals surface area contributed by atoms with Gasteiger partial charge in [0.05, 0.1) is 11.5 Å². The van der Waals surface area contributed by atoms with Crippen molar-refractivity contribution < 1.29 is 13.5 Å². The molecule has 0 spiro atoms. The predicted octanol–water partition coefficient (Wildman–Crippen LogP) is 2.52. The minimum Gasteiger partial charge on any atom is -0.392 e. The van der Waals surface area contributed by atoms with Gasteiger partial charge in [-0.05, 0) is 30.7 Å². The van der Waals surface area contributed by atoms with Gasteiger partial charge in [0.25, 0.3) is 0 Å². The first-order valence-electron chi connectivity index (χ1n) is 7.27. The second kappa shape index (κ2) is 7.13. The maximum Gasteiger partial charge on any atom is 0.240 e. The quantitative estimate of drug-likeness (QED) is 0.841. The fraction of sp³-hybridized carbons (Fsp3) is 0.600. The lowest BCUT2D eigenvalue weighted by Crippen LogP contribution is -2.41. The van der Waals surface area contributed by atoms with Gasteiger partial charge in [-0.1, -0.05) is 37.5 Å². The Kier molecular flexibility index (Phi) is 5.71. The van der Waals surface area contributed by atoms with Crippen LogP contribution in [0.4, 0.5) is 0 Å². The zero-order valence-corrected chi connectivity index (χ0v) is 14.0. The van der Waals surface area contributed by atoms with E-state index >= 15 is 0 Å². The van der Waals surface area contributed by atoms with Crippen LogP contribution >= 0.6 is 11.8 Å². The molecule has 0 saturated heterocycles. The Labute approximate surface area is 131 Å². The smallest absolute Gasteiger partial charge is 0.240 e. The van der Waals surface area contributed by atoms with Gasteiger partial charge in [0.15, 0.2) is 0 Å². The van der Waals surface area contributed by atoms with E-state index in [0.717, 1.165) is 25.7 Å². The lowest BCUT2D eigenvalue weighted by atomic mass is 9.88. The monoisotopic (exact) mass is 329 g/mol. The van der Waals surface area contributed by atoms with Crippen molar-refractivity contribution in [2.45, 2.75) is 48.4 Å². The van der Waals surface area contributed by atoms with Crippen molar-refractivity contribution in [1.82, 2.24) is 4.72 Å². The number of aliphatic hydroxyl groups excluding tert-OH is 1. The Hall–Kier alpha value is -0.560. The predicted molar refractivity (Wildman–Crippen MR) is 86.9 cm³/mol. The number of hydrogen-bond donors (Lipinski definition) is 2. The highest BCUT2D eigenvalue weighted by molar-refractivity contribution is 8.00. The summed E-state index contributed by atoms with van der Waals surface area (Å²) in [4.78, 5) is 0.180. The number of benzene rings is 1. The van der Waals surface area contributed by atoms with Gasteiger partial charge in [0, 0.05) is 11.3 Å². The highest BCUT2D eigenvalue weighted by atomic mass is 32.2. The average molecular weight is 329 g/mol. The van der Waals surface area contributed by atoms with E-state index < -0.39 is 10.0 Å². The molecule has 1 fully saturated rings. The molecule has 21 heavy (non-hydrogen) atoms. The summed E-state index contributed by atoms with van der Waals surface area (Å²) < 4.78 is 27.7. The molecule has 4 nitrogen and oxygen atoms in total. The molecule has 1 aromatic carbocycles. The standard InChI is InChI=1S/C15H23NO3S2/c1-20-15(9-5-2-6-10-15)12-16-21(18,19)14-8-4-3-7-13(14)11-17/h3-4,7-8,16-17H,2,5-6,9-12H2,1H3. The van der Waals surface area contributed by atoms with Gasteiger partial charge >= 0.3 is 0 Å². The zero-order valence-electron chi connectivity index (χ0n) is 12.3. The highest BCUT2D eigenvalue weighted by Crippen LogP contribution is 2.38. The minimum absolute atomic E-state index is 0.0134. The van der Waals surface area contributed by atoms with Crippen LogP contribution in [0.2, 0.25) is 0 Å². The molecule has 0 aromatic heterocycles. The Morgan fingerprint density at radius 1 is 1.24 bits per heavy atom. The maximum absolute atomic E-state index is 12.5. The topological polar surface area (TPSA) is 66.4 Å². The third-order valence-corrected chi connectivity index (χ3v) is 7.13. The van der Waals surface area contributed by atoms with Gasteiger partial charge in [-0.3, -0.25) is 0 Å². The first-order valence-corrected chi connectivity index (χ1v) is 9.97. The summed E-state index contributed by atoms with van der Waals surface area (Å²) in [5.74, 6) is 0. The van der Waals surface area contributed by atoms with E-state index in [1.54, 1.807) is 36.0 Å². The van der Waals surface area contributed by atoms with Crippen molar-refractivity contribution in [2.24, 2.45) is 0 Å². The van der Waals surface area contributed by atoms with Gasteiger partial charge in [-0.15, -0.1) is 0 Å². The van der Waals surface area contributed by atoms with E-state index in [1.165, 1.54) is 6.42 Å². The molecule has 1 aliphatic rings. The lowest BCUT2D eigenvalue weighted by molar-refractivity contribution is 0.278. The van der Waals surface area contributed by atoms with E-state index in [2.05, 4.69) is 11.0 Å². The molecule has 0 heterocycles. The fourth-order valence-corrected chi connectivity index (χ4v) is 5.21. The van der Waals surface area contributed by atoms with Crippen molar-refractivity contribution in [3.8, 4) is 0 Å². The van der Waals surface area contributed by atoms with Crippen molar-refractivity contribution in [2.75, 3.05) is 12.8 Å². The van der Waals surface area contributed by atoms with Crippen molar-refractivity contribution in [3.63, 3.8) is 0 Å². The molecular formula is C15H23NO3S2. The van der Waals surface area contributed by atoms with Crippen LogP contribution in [-0.2, 0) is 16.6 Å². The van der Waals surface area contributed by atoms with Gasteiger partial charge in [0.1, 0.15) is 0 Å². The van der Waals surface area contributed by atoms with Crippen LogP contribution in [0.3, 0.4) is 0 Å². The van der Waals surface area contributed by atoms with E-state index in [4.69, 9.17) is 0 Å². The summed E-state index contributed by atoms with van der Waals surface area (Å²) in [5.41, 5.74) is 0.437. The summed E-state index contributed by atoms with van der Waals surface area (Å²) in [7, 11) is -3.57. The Balaban J connectivity index is 2.14. The zero-order chi connectivity index (χ0) is 15.3. The summed E-state index contributed by atoms with van der Waals surface area (Å²) in [6, 6.07) is 6.59. The first-order chi connectivity index (χ1) is 10.0. The number of aliphatic hydroxyl groups is 1. The van der Waals surface area contributed by atoms with E-state index in [1.807, 2.05) is 0 Å². The van der Waals surface area contributed by atoms with E-state index in [0.29, 0.717) is 12.1 Å². The van der Waals surface area contributed by atoms with Crippen LogP contribution < -0.4 is 4.72 Å². The summed E-state index contributed by atoms with van der Waals surface area (Å²) in [5, 5.41) is 9.30. The van der Waals surface area contributed by atoms with Crippen LogP contribution in [-0.4, -0.2) is 31.1 Å². The van der Waals surface area contributed by atoms with Gasteiger partial charge in [-0.25, -0.2) is 13.1 Å². The molecule has 1 aliphatic carbocycles. The largest absolute Gasteiger partial charge is 0.392 e. The Morgan fingerprint density at radius 3 is 2.52 bits per heavy atom. The summed E-state index contributed by atoms with van der Waals surface area (Å²) in [6.07, 6.45) is 7.73. The molecule has 0 unspecified atom stereocenters. The van der Waals surface area contributed by atoms with Crippen molar-refractivity contribution >= 4 is 21.8 Å². The number of sulfonamides is 1. The lowest BCUT2D eigenvalue weighted by Gasteiger charge is -2.35. The second-order valence-corrected chi connectivity index (χ2v) is 8.55. The van der Waals surface area contributed by atoms with Crippen LogP contribution in [0.15, 0.2) is 29.2 Å². The molecule has 118 valence electrons. The Bertz CT molecular complexity index is 566. The van der Waals surface area contributed by atoms with Gasteiger partial charge in [0.2, 0.25) is 10.0 Å². The van der Waals surface area contributed by atoms with Crippen LogP contribution in [0.1, 0.15) is 37.7 Å². The molecule has 0 bridgehead atoms. The molecule has 2 N–H and O–H groups in total. The van der Waals surface area contributed by atoms with Crippen molar-refractivity contribution in [3.05, 3.63) is 29.8 Å². The molecule has 2 rings (SSSR count). The molecule has 1 saturated carbocycles. The summed E-state index contributed by atoms with van der Waals surface area (Å²) >= 11 is 1.76. The first kappa shape index (κ1) is 16.8. The molecule has 0 aliphatic heterocycles. The highest BCUT2D eigenvalue weighted by Gasteiger charge is 2.32. The SMILES string of the molecule is CSC1(CNS(=O)(=O)c2ccccc2CO)CCCCC1. The molecule has 0 radical (unpaired) electrons. The van der Waals surface area contributed by atoms with Gasteiger partial charge < -0.3 is 5.11 Å². The molecule has 1 aromatic rings. The summed E-state index contributed by atoms with van der Waals surface area (Å²) in [6.45, 7) is 0.182. The number of thioether (sulfide) groups is 1. The third kappa shape index (κ3) is 4.00. The van der Waals surface area contributed by atoms with E-state index in [9.17, 15) is 13.5 Å². The molecule has 6 heteroatoms. The minimum atomic E-state index is -3.57.